The maximum Gasteiger partial charge on any atom is 0.416 e. The summed E-state index contributed by atoms with van der Waals surface area (Å²) in [7, 11) is 0. The van der Waals surface area contributed by atoms with Gasteiger partial charge in [0, 0.05) is 23.2 Å². The Morgan fingerprint density at radius 1 is 1.19 bits per heavy atom. The van der Waals surface area contributed by atoms with E-state index in [1.54, 1.807) is 0 Å². The normalized spacial score (nSPS) is 21.4. The number of aliphatic hydroxyl groups is 1. The highest BCUT2D eigenvalue weighted by Gasteiger charge is 2.55. The first kappa shape index (κ1) is 23.0. The first-order valence-electron chi connectivity index (χ1n) is 10.4. The second kappa shape index (κ2) is 8.65. The molecule has 2 aromatic carbocycles. The van der Waals surface area contributed by atoms with Gasteiger partial charge < -0.3 is 15.3 Å². The third-order valence-corrected chi connectivity index (χ3v) is 6.74. The molecule has 0 aromatic heterocycles. The molecule has 1 amide bonds. The molecular formula is C23H23ClF4N2O2. The van der Waals surface area contributed by atoms with Crippen LogP contribution in [-0.2, 0) is 6.18 Å². The van der Waals surface area contributed by atoms with E-state index in [0.29, 0.717) is 12.1 Å². The molecule has 1 aliphatic carbocycles. The van der Waals surface area contributed by atoms with Crippen LogP contribution in [0.4, 0.5) is 17.6 Å². The molecule has 172 valence electrons. The fourth-order valence-electron chi connectivity index (χ4n) is 4.46. The average molecular weight is 471 g/mol. The predicted octanol–water partition coefficient (Wildman–Crippen LogP) is 4.82. The summed E-state index contributed by atoms with van der Waals surface area (Å²) in [6.07, 6.45) is -2.76. The Morgan fingerprint density at radius 3 is 2.44 bits per heavy atom. The molecule has 1 saturated heterocycles. The van der Waals surface area contributed by atoms with Crippen molar-refractivity contribution in [1.29, 1.82) is 0 Å². The van der Waals surface area contributed by atoms with Crippen LogP contribution in [0, 0.1) is 11.2 Å². The fraction of sp³-hybridized carbons (Fsp3) is 0.435. The molecular weight excluding hydrogens is 448 g/mol. The summed E-state index contributed by atoms with van der Waals surface area (Å²) in [5.41, 5.74) is -0.101. The summed E-state index contributed by atoms with van der Waals surface area (Å²) in [5.74, 6) is -0.915. The largest absolute Gasteiger partial charge is 0.416 e. The van der Waals surface area contributed by atoms with Crippen molar-refractivity contribution < 1.29 is 27.5 Å². The van der Waals surface area contributed by atoms with Crippen LogP contribution in [0.15, 0.2) is 42.5 Å². The summed E-state index contributed by atoms with van der Waals surface area (Å²) >= 11 is 5.82. The maximum absolute atomic E-state index is 13.5. The standard InChI is InChI=1S/C23H23ClF4N2O2/c24-17-9-15(10-18(25)11-17)21(32)29-20-12-22(20)5-7-30(8-6-22)13-19(31)14-1-3-16(4-2-14)23(26,27)28/h1-4,9-11,19-20,31H,5-8,12-13H2,(H,29,32)/t19?,20-/m1/s1. The molecule has 4 nitrogen and oxygen atoms in total. The van der Waals surface area contributed by atoms with Crippen LogP contribution in [0.2, 0.25) is 5.02 Å². The lowest BCUT2D eigenvalue weighted by molar-refractivity contribution is -0.137. The summed E-state index contributed by atoms with van der Waals surface area (Å²) in [5, 5.41) is 13.6. The van der Waals surface area contributed by atoms with Crippen molar-refractivity contribution in [3.63, 3.8) is 0 Å². The minimum atomic E-state index is -4.40. The van der Waals surface area contributed by atoms with E-state index < -0.39 is 23.7 Å². The third-order valence-electron chi connectivity index (χ3n) is 6.53. The van der Waals surface area contributed by atoms with Gasteiger partial charge in [0.15, 0.2) is 0 Å². The van der Waals surface area contributed by atoms with Crippen molar-refractivity contribution >= 4 is 17.5 Å². The van der Waals surface area contributed by atoms with Crippen LogP contribution in [0.3, 0.4) is 0 Å². The fourth-order valence-corrected chi connectivity index (χ4v) is 4.68. The van der Waals surface area contributed by atoms with Gasteiger partial charge in [-0.25, -0.2) is 4.39 Å². The van der Waals surface area contributed by atoms with E-state index in [-0.39, 0.29) is 28.0 Å². The van der Waals surface area contributed by atoms with E-state index >= 15 is 0 Å². The number of hydrogen-bond acceptors (Lipinski definition) is 3. The lowest BCUT2D eigenvalue weighted by Crippen LogP contribution is -2.40. The third kappa shape index (κ3) is 5.08. The summed E-state index contributed by atoms with van der Waals surface area (Å²) < 4.78 is 51.6. The highest BCUT2D eigenvalue weighted by Crippen LogP contribution is 2.54. The quantitative estimate of drug-likeness (QED) is 0.616. The van der Waals surface area contributed by atoms with Crippen LogP contribution < -0.4 is 5.32 Å². The molecule has 2 N–H and O–H groups in total. The van der Waals surface area contributed by atoms with Crippen molar-refractivity contribution in [3.05, 3.63) is 70.0 Å². The Morgan fingerprint density at radius 2 is 1.84 bits per heavy atom. The Bertz CT molecular complexity index is 968. The number of amides is 1. The number of β-amino-alcohol motifs (C(OH)–C–C–N with tert-alkyl or cyclic N) is 1. The van der Waals surface area contributed by atoms with Gasteiger partial charge in [0.25, 0.3) is 5.91 Å². The van der Waals surface area contributed by atoms with Gasteiger partial charge in [-0.2, -0.15) is 13.2 Å². The maximum atomic E-state index is 13.5. The first-order chi connectivity index (χ1) is 15.1. The number of alkyl halides is 3. The van der Waals surface area contributed by atoms with Gasteiger partial charge in [-0.1, -0.05) is 23.7 Å². The van der Waals surface area contributed by atoms with Crippen molar-refractivity contribution in [2.24, 2.45) is 5.41 Å². The van der Waals surface area contributed by atoms with Crippen molar-refractivity contribution in [1.82, 2.24) is 10.2 Å². The molecule has 0 radical (unpaired) electrons. The second-order valence-corrected chi connectivity index (χ2v) is 9.12. The first-order valence-corrected chi connectivity index (χ1v) is 10.8. The van der Waals surface area contributed by atoms with Gasteiger partial charge in [0.1, 0.15) is 5.82 Å². The molecule has 2 fully saturated rings. The average Bonchev–Trinajstić information content (AvgIpc) is 3.39. The molecule has 2 aliphatic rings. The van der Waals surface area contributed by atoms with E-state index in [1.807, 2.05) is 0 Å². The number of nitrogens with one attached hydrogen (secondary N) is 1. The number of carbonyl (C=O) groups is 1. The number of rotatable bonds is 5. The predicted molar refractivity (Wildman–Crippen MR) is 112 cm³/mol. The molecule has 4 rings (SSSR count). The number of halogens is 5. The van der Waals surface area contributed by atoms with Gasteiger partial charge in [-0.3, -0.25) is 4.79 Å². The minimum absolute atomic E-state index is 0.00257. The smallest absolute Gasteiger partial charge is 0.387 e. The van der Waals surface area contributed by atoms with Gasteiger partial charge in [-0.15, -0.1) is 0 Å². The zero-order valence-electron chi connectivity index (χ0n) is 17.1. The number of likely N-dealkylation sites (tertiary alicyclic amines) is 1. The highest BCUT2D eigenvalue weighted by molar-refractivity contribution is 6.31. The van der Waals surface area contributed by atoms with Crippen LogP contribution >= 0.6 is 11.6 Å². The molecule has 1 aliphatic heterocycles. The van der Waals surface area contributed by atoms with Crippen LogP contribution in [0.1, 0.15) is 46.9 Å². The Labute approximate surface area is 188 Å². The zero-order valence-corrected chi connectivity index (χ0v) is 17.9. The number of benzene rings is 2. The van der Waals surface area contributed by atoms with E-state index in [0.717, 1.165) is 56.6 Å². The molecule has 32 heavy (non-hydrogen) atoms. The van der Waals surface area contributed by atoms with E-state index in [4.69, 9.17) is 11.6 Å². The van der Waals surface area contributed by atoms with Gasteiger partial charge in [0.05, 0.1) is 11.7 Å². The molecule has 9 heteroatoms. The minimum Gasteiger partial charge on any atom is -0.387 e. The van der Waals surface area contributed by atoms with Gasteiger partial charge in [0.2, 0.25) is 0 Å². The number of piperidine rings is 1. The molecule has 1 spiro atoms. The molecule has 0 bridgehead atoms. The zero-order chi connectivity index (χ0) is 23.1. The van der Waals surface area contributed by atoms with E-state index in [9.17, 15) is 27.5 Å². The van der Waals surface area contributed by atoms with Gasteiger partial charge >= 0.3 is 6.18 Å². The molecule has 1 heterocycles. The second-order valence-electron chi connectivity index (χ2n) is 8.69. The lowest BCUT2D eigenvalue weighted by atomic mass is 9.92. The van der Waals surface area contributed by atoms with Crippen LogP contribution in [-0.4, -0.2) is 41.6 Å². The highest BCUT2D eigenvalue weighted by atomic mass is 35.5. The van der Waals surface area contributed by atoms with Crippen molar-refractivity contribution in [2.45, 2.75) is 37.6 Å². The van der Waals surface area contributed by atoms with E-state index in [2.05, 4.69) is 10.2 Å². The summed E-state index contributed by atoms with van der Waals surface area (Å²) in [4.78, 5) is 14.5. The molecule has 2 aromatic rings. The van der Waals surface area contributed by atoms with Crippen LogP contribution in [0.5, 0.6) is 0 Å². The summed E-state index contributed by atoms with van der Waals surface area (Å²) in [6, 6.07) is 8.32. The summed E-state index contributed by atoms with van der Waals surface area (Å²) in [6.45, 7) is 1.77. The molecule has 1 unspecified atom stereocenters. The molecule has 1 saturated carbocycles. The van der Waals surface area contributed by atoms with Crippen LogP contribution in [0.25, 0.3) is 0 Å². The Kier molecular flexibility index (Phi) is 6.22. The monoisotopic (exact) mass is 470 g/mol. The van der Waals surface area contributed by atoms with Crippen molar-refractivity contribution in [2.75, 3.05) is 19.6 Å². The van der Waals surface area contributed by atoms with Gasteiger partial charge in [-0.05, 0) is 73.7 Å². The Hall–Kier alpha value is -2.16. The number of nitrogens with zero attached hydrogens (tertiary/aromatic N) is 1. The number of carbonyl (C=O) groups excluding carboxylic acids is 1. The SMILES string of the molecule is O=C(N[C@@H]1CC12CCN(CC(O)c1ccc(C(F)(F)F)cc1)CC2)c1cc(F)cc(Cl)c1. The lowest BCUT2D eigenvalue weighted by Gasteiger charge is -2.34. The topological polar surface area (TPSA) is 52.6 Å². The van der Waals surface area contributed by atoms with E-state index in [1.165, 1.54) is 18.2 Å². The van der Waals surface area contributed by atoms with Crippen molar-refractivity contribution in [3.8, 4) is 0 Å². The number of hydrogen-bond donors (Lipinski definition) is 2. The molecule has 2 atom stereocenters. The number of aliphatic hydroxyl groups excluding tert-OH is 1. The Balaban J connectivity index is 1.27.